The van der Waals surface area contributed by atoms with Crippen molar-refractivity contribution in [3.05, 3.63) is 12.0 Å². The van der Waals surface area contributed by atoms with Crippen LogP contribution in [0.5, 0.6) is 0 Å². The summed E-state index contributed by atoms with van der Waals surface area (Å²) in [6.45, 7) is 13.5. The van der Waals surface area contributed by atoms with Gasteiger partial charge < -0.3 is 13.3 Å². The summed E-state index contributed by atoms with van der Waals surface area (Å²) < 4.78 is 17.3. The molecule has 0 aliphatic rings. The van der Waals surface area contributed by atoms with Crippen LogP contribution in [0.2, 0.25) is 0 Å². The summed E-state index contributed by atoms with van der Waals surface area (Å²) >= 11 is 1.61. The minimum atomic E-state index is -2.53. The van der Waals surface area contributed by atoms with Crippen molar-refractivity contribution in [1.82, 2.24) is 0 Å². The van der Waals surface area contributed by atoms with E-state index in [1.165, 1.54) is 0 Å². The maximum absolute atomic E-state index is 5.75. The molecule has 0 heterocycles. The lowest BCUT2D eigenvalue weighted by Gasteiger charge is -2.32. The number of hydrogen-bond acceptors (Lipinski definition) is 4. The van der Waals surface area contributed by atoms with E-state index in [2.05, 4.69) is 13.5 Å². The Balaban J connectivity index is 4.64. The monoisotopic (exact) mass is 250 g/mol. The van der Waals surface area contributed by atoms with Crippen LogP contribution in [0, 0.1) is 0 Å². The first-order valence-electron chi connectivity index (χ1n) is 5.35. The fraction of sp³-hybridized carbons (Fsp3) is 0.800. The van der Waals surface area contributed by atoms with E-state index in [0.29, 0.717) is 19.8 Å². The first kappa shape index (κ1) is 15.2. The van der Waals surface area contributed by atoms with Gasteiger partial charge in [0.15, 0.2) is 0 Å². The lowest BCUT2D eigenvalue weighted by molar-refractivity contribution is 0.0708. The zero-order valence-electron chi connectivity index (χ0n) is 10.1. The van der Waals surface area contributed by atoms with Crippen molar-refractivity contribution in [2.75, 3.05) is 19.8 Å². The Kier molecular flexibility index (Phi) is 8.46. The van der Waals surface area contributed by atoms with Gasteiger partial charge in [0.05, 0.1) is 4.87 Å². The SMILES string of the molecule is C=CSC(C)[Si](OCC)(OCC)OCC. The molecule has 0 spiro atoms. The van der Waals surface area contributed by atoms with Gasteiger partial charge in [-0.05, 0) is 33.1 Å². The van der Waals surface area contributed by atoms with Crippen LogP contribution in [0.4, 0.5) is 0 Å². The summed E-state index contributed by atoms with van der Waals surface area (Å²) in [6, 6.07) is 0. The van der Waals surface area contributed by atoms with Crippen LogP contribution in [0.25, 0.3) is 0 Å². The summed E-state index contributed by atoms with van der Waals surface area (Å²) in [5.74, 6) is 0. The van der Waals surface area contributed by atoms with Gasteiger partial charge in [0.25, 0.3) is 0 Å². The molecule has 0 saturated heterocycles. The molecule has 0 fully saturated rings. The molecule has 1 unspecified atom stereocenters. The summed E-state index contributed by atoms with van der Waals surface area (Å²) in [5, 5.41) is 1.81. The molecule has 0 N–H and O–H groups in total. The lowest BCUT2D eigenvalue weighted by atomic mass is 10.9. The van der Waals surface area contributed by atoms with Crippen molar-refractivity contribution in [1.29, 1.82) is 0 Å². The summed E-state index contributed by atoms with van der Waals surface area (Å²) in [6.07, 6.45) is 0. The minimum Gasteiger partial charge on any atom is -0.373 e. The smallest absolute Gasteiger partial charge is 0.373 e. The van der Waals surface area contributed by atoms with Gasteiger partial charge in [0, 0.05) is 19.8 Å². The first-order valence-corrected chi connectivity index (χ1v) is 8.09. The van der Waals surface area contributed by atoms with Crippen molar-refractivity contribution >= 4 is 20.6 Å². The molecule has 0 radical (unpaired) electrons. The van der Waals surface area contributed by atoms with Gasteiger partial charge in [-0.25, -0.2) is 0 Å². The topological polar surface area (TPSA) is 27.7 Å². The number of rotatable bonds is 9. The highest BCUT2D eigenvalue weighted by atomic mass is 32.2. The largest absolute Gasteiger partial charge is 0.514 e. The molecular formula is C10H22O3SSi. The summed E-state index contributed by atoms with van der Waals surface area (Å²) in [4.78, 5) is 0.190. The highest BCUT2D eigenvalue weighted by molar-refractivity contribution is 8.04. The van der Waals surface area contributed by atoms with E-state index in [-0.39, 0.29) is 4.87 Å². The highest BCUT2D eigenvalue weighted by Gasteiger charge is 2.46. The van der Waals surface area contributed by atoms with Crippen LogP contribution < -0.4 is 0 Å². The average molecular weight is 250 g/mol. The van der Waals surface area contributed by atoms with Crippen molar-refractivity contribution in [2.45, 2.75) is 32.6 Å². The van der Waals surface area contributed by atoms with Crippen LogP contribution in [-0.2, 0) is 13.3 Å². The van der Waals surface area contributed by atoms with Gasteiger partial charge in [0.1, 0.15) is 0 Å². The van der Waals surface area contributed by atoms with Crippen LogP contribution in [0.1, 0.15) is 27.7 Å². The van der Waals surface area contributed by atoms with Gasteiger partial charge in [-0.3, -0.25) is 0 Å². The molecule has 0 aliphatic heterocycles. The Bertz CT molecular complexity index is 161. The van der Waals surface area contributed by atoms with Crippen molar-refractivity contribution in [2.24, 2.45) is 0 Å². The molecule has 0 amide bonds. The molecule has 0 rings (SSSR count). The van der Waals surface area contributed by atoms with Gasteiger partial charge in [-0.1, -0.05) is 6.58 Å². The van der Waals surface area contributed by atoms with Crippen molar-refractivity contribution in [3.63, 3.8) is 0 Å². The standard InChI is InChI=1S/C10H22O3SSi/c1-6-11-15(12-7-2,13-8-3)10(5)14-9-4/h9-10H,4,6-8H2,1-3,5H3. The third-order valence-electron chi connectivity index (χ3n) is 1.83. The molecule has 0 aromatic heterocycles. The summed E-state index contributed by atoms with van der Waals surface area (Å²) in [5.41, 5.74) is 0. The molecule has 5 heteroatoms. The Morgan fingerprint density at radius 1 is 1.13 bits per heavy atom. The van der Waals surface area contributed by atoms with E-state index in [1.54, 1.807) is 11.8 Å². The fourth-order valence-corrected chi connectivity index (χ4v) is 5.33. The molecule has 15 heavy (non-hydrogen) atoms. The molecule has 90 valence electrons. The van der Waals surface area contributed by atoms with E-state index in [1.807, 2.05) is 26.2 Å². The van der Waals surface area contributed by atoms with Crippen LogP contribution in [0.3, 0.4) is 0 Å². The van der Waals surface area contributed by atoms with Crippen molar-refractivity contribution in [3.8, 4) is 0 Å². The fourth-order valence-electron chi connectivity index (χ4n) is 1.31. The van der Waals surface area contributed by atoms with Crippen molar-refractivity contribution < 1.29 is 13.3 Å². The highest BCUT2D eigenvalue weighted by Crippen LogP contribution is 2.25. The summed E-state index contributed by atoms with van der Waals surface area (Å²) in [7, 11) is -2.53. The Labute approximate surface area is 98.5 Å². The molecule has 0 bridgehead atoms. The van der Waals surface area contributed by atoms with Gasteiger partial charge in [-0.15, -0.1) is 11.8 Å². The van der Waals surface area contributed by atoms with Gasteiger partial charge in [-0.2, -0.15) is 0 Å². The van der Waals surface area contributed by atoms with Crippen LogP contribution >= 0.6 is 11.8 Å². The lowest BCUT2D eigenvalue weighted by Crippen LogP contribution is -2.54. The van der Waals surface area contributed by atoms with E-state index >= 15 is 0 Å². The Morgan fingerprint density at radius 3 is 1.80 bits per heavy atom. The zero-order valence-corrected chi connectivity index (χ0v) is 11.9. The van der Waals surface area contributed by atoms with E-state index < -0.39 is 8.80 Å². The quantitative estimate of drug-likeness (QED) is 0.588. The third-order valence-corrected chi connectivity index (χ3v) is 6.78. The second kappa shape index (κ2) is 8.35. The number of thioether (sulfide) groups is 1. The van der Waals surface area contributed by atoms with E-state index in [4.69, 9.17) is 13.3 Å². The van der Waals surface area contributed by atoms with E-state index in [9.17, 15) is 0 Å². The molecular weight excluding hydrogens is 228 g/mol. The zero-order chi connectivity index (χ0) is 11.7. The molecule has 1 atom stereocenters. The predicted octanol–water partition coefficient (Wildman–Crippen LogP) is 2.84. The molecule has 0 aliphatic carbocycles. The normalized spacial score (nSPS) is 13.9. The average Bonchev–Trinajstić information content (AvgIpc) is 2.19. The van der Waals surface area contributed by atoms with Crippen LogP contribution in [-0.4, -0.2) is 33.5 Å². The maximum Gasteiger partial charge on any atom is 0.514 e. The molecule has 3 nitrogen and oxygen atoms in total. The molecule has 0 aromatic carbocycles. The molecule has 0 saturated carbocycles. The Hall–Kier alpha value is 0.187. The molecule has 0 aromatic rings. The van der Waals surface area contributed by atoms with Gasteiger partial charge in [0.2, 0.25) is 0 Å². The predicted molar refractivity (Wildman–Crippen MR) is 67.9 cm³/mol. The Morgan fingerprint density at radius 2 is 1.53 bits per heavy atom. The van der Waals surface area contributed by atoms with Crippen LogP contribution in [0.15, 0.2) is 12.0 Å². The van der Waals surface area contributed by atoms with E-state index in [0.717, 1.165) is 0 Å². The second-order valence-electron chi connectivity index (χ2n) is 2.85. The number of hydrogen-bond donors (Lipinski definition) is 0. The minimum absolute atomic E-state index is 0.190. The van der Waals surface area contributed by atoms with Gasteiger partial charge >= 0.3 is 8.80 Å². The third kappa shape index (κ3) is 4.69. The second-order valence-corrected chi connectivity index (χ2v) is 7.52. The maximum atomic E-state index is 5.75. The first-order chi connectivity index (χ1) is 7.16.